The lowest BCUT2D eigenvalue weighted by molar-refractivity contribution is -0.936. The van der Waals surface area contributed by atoms with Crippen molar-refractivity contribution in [1.29, 1.82) is 0 Å². The van der Waals surface area contributed by atoms with Gasteiger partial charge >= 0.3 is 0 Å². The van der Waals surface area contributed by atoms with Crippen LogP contribution in [0.2, 0.25) is 0 Å². The lowest BCUT2D eigenvalue weighted by atomic mass is 10.1. The van der Waals surface area contributed by atoms with Crippen LogP contribution in [-0.4, -0.2) is 48.2 Å². The van der Waals surface area contributed by atoms with Gasteiger partial charge in [0.2, 0.25) is 0 Å². The van der Waals surface area contributed by atoms with Gasteiger partial charge in [-0.15, -0.1) is 0 Å². The number of aliphatic hydroxyl groups excluding tert-OH is 1. The van der Waals surface area contributed by atoms with E-state index < -0.39 is 0 Å². The van der Waals surface area contributed by atoms with Crippen LogP contribution in [0.4, 0.5) is 0 Å². The highest BCUT2D eigenvalue weighted by atomic mass is 16.3. The number of aliphatic imine (C=N–C) groups is 1. The molecule has 0 saturated heterocycles. The number of aliphatic hydroxyl groups is 1. The van der Waals surface area contributed by atoms with Crippen LogP contribution < -0.4 is 0 Å². The smallest absolute Gasteiger partial charge is 0.182 e. The lowest BCUT2D eigenvalue weighted by Crippen LogP contribution is -2.53. The third kappa shape index (κ3) is 6.62. The zero-order valence-electron chi connectivity index (χ0n) is 14.8. The van der Waals surface area contributed by atoms with Crippen molar-refractivity contribution < 1.29 is 9.59 Å². The molecule has 2 atom stereocenters. The molecule has 0 fully saturated rings. The molecule has 0 aromatic rings. The summed E-state index contributed by atoms with van der Waals surface area (Å²) in [6, 6.07) is 0. The van der Waals surface area contributed by atoms with Gasteiger partial charge in [-0.25, -0.2) is 4.99 Å². The maximum Gasteiger partial charge on any atom is 0.182 e. The largest absolute Gasteiger partial charge is 0.391 e. The van der Waals surface area contributed by atoms with E-state index in [9.17, 15) is 5.11 Å². The number of hydrogen-bond acceptors (Lipinski definition) is 2. The monoisotopic (exact) mass is 309 g/mol. The van der Waals surface area contributed by atoms with E-state index in [2.05, 4.69) is 37.2 Å². The zero-order valence-corrected chi connectivity index (χ0v) is 14.8. The summed E-state index contributed by atoms with van der Waals surface area (Å²) >= 11 is 0. The first kappa shape index (κ1) is 19.4. The first-order valence-corrected chi connectivity index (χ1v) is 9.42. The number of rotatable bonds is 13. The molecule has 128 valence electrons. The van der Waals surface area contributed by atoms with Crippen molar-refractivity contribution in [1.82, 2.24) is 0 Å². The molecule has 1 aliphatic heterocycles. The average molecular weight is 310 g/mol. The van der Waals surface area contributed by atoms with Crippen LogP contribution in [0, 0.1) is 0 Å². The Labute approximate surface area is 137 Å². The molecule has 0 bridgehead atoms. The minimum absolute atomic E-state index is 0.274. The molecule has 1 aliphatic rings. The number of quaternary nitrogens is 1. The highest BCUT2D eigenvalue weighted by molar-refractivity contribution is 5.60. The van der Waals surface area contributed by atoms with Crippen molar-refractivity contribution in [3.8, 4) is 0 Å². The third-order valence-corrected chi connectivity index (χ3v) is 5.00. The first-order valence-electron chi connectivity index (χ1n) is 9.42. The highest BCUT2D eigenvalue weighted by Gasteiger charge is 2.36. The quantitative estimate of drug-likeness (QED) is 0.307. The Bertz CT molecular complexity index is 327. The summed E-state index contributed by atoms with van der Waals surface area (Å²) in [7, 11) is 0. The maximum atomic E-state index is 9.31. The van der Waals surface area contributed by atoms with Gasteiger partial charge in [0.05, 0.1) is 19.4 Å². The second-order valence-electron chi connectivity index (χ2n) is 6.58. The fourth-order valence-electron chi connectivity index (χ4n) is 3.39. The van der Waals surface area contributed by atoms with Crippen LogP contribution in [0.25, 0.3) is 0 Å². The molecule has 0 aliphatic carbocycles. The van der Waals surface area contributed by atoms with Crippen LogP contribution >= 0.6 is 0 Å². The molecule has 0 radical (unpaired) electrons. The average Bonchev–Trinajstić information content (AvgIpc) is 2.93. The Kier molecular flexibility index (Phi) is 10.4. The second-order valence-corrected chi connectivity index (χ2v) is 6.58. The molecule has 0 aromatic heterocycles. The number of likely N-dealkylation sites (N-methyl/N-ethyl adjacent to an activating group) is 1. The van der Waals surface area contributed by atoms with Gasteiger partial charge in [-0.05, 0) is 39.0 Å². The van der Waals surface area contributed by atoms with Crippen LogP contribution in [0.3, 0.4) is 0 Å². The molecule has 22 heavy (non-hydrogen) atoms. The van der Waals surface area contributed by atoms with Gasteiger partial charge < -0.3 is 5.11 Å². The van der Waals surface area contributed by atoms with Crippen molar-refractivity contribution in [2.45, 2.75) is 77.8 Å². The van der Waals surface area contributed by atoms with E-state index in [0.29, 0.717) is 6.17 Å². The van der Waals surface area contributed by atoms with Crippen molar-refractivity contribution in [3.05, 3.63) is 12.2 Å². The van der Waals surface area contributed by atoms with E-state index in [-0.39, 0.29) is 6.61 Å². The Hall–Kier alpha value is -0.670. The number of unbranched alkanes of at least 4 members (excludes halogenated alkanes) is 6. The van der Waals surface area contributed by atoms with Gasteiger partial charge in [-0.1, -0.05) is 38.3 Å². The minimum atomic E-state index is 0.274. The zero-order chi connectivity index (χ0) is 16.1. The summed E-state index contributed by atoms with van der Waals surface area (Å²) in [5, 5.41) is 9.31. The molecule has 0 aromatic carbocycles. The molecular formula is C19H37N2O+. The molecule has 1 N–H and O–H groups in total. The Morgan fingerprint density at radius 1 is 1.09 bits per heavy atom. The van der Waals surface area contributed by atoms with E-state index in [4.69, 9.17) is 0 Å². The van der Waals surface area contributed by atoms with Crippen molar-refractivity contribution in [3.63, 3.8) is 0 Å². The van der Waals surface area contributed by atoms with E-state index in [0.717, 1.165) is 24.1 Å². The Morgan fingerprint density at radius 3 is 2.45 bits per heavy atom. The van der Waals surface area contributed by atoms with Crippen LogP contribution in [-0.2, 0) is 0 Å². The minimum Gasteiger partial charge on any atom is -0.391 e. The fraction of sp³-hybridized carbons (Fsp3) is 0.842. The summed E-state index contributed by atoms with van der Waals surface area (Å²) in [5.41, 5.74) is 0. The van der Waals surface area contributed by atoms with Crippen molar-refractivity contribution >= 4 is 6.21 Å². The fourth-order valence-corrected chi connectivity index (χ4v) is 3.39. The Morgan fingerprint density at radius 2 is 1.82 bits per heavy atom. The number of hydrogen-bond donors (Lipinski definition) is 1. The summed E-state index contributed by atoms with van der Waals surface area (Å²) < 4.78 is 0.966. The van der Waals surface area contributed by atoms with Gasteiger partial charge in [-0.2, -0.15) is 0 Å². The predicted molar refractivity (Wildman–Crippen MR) is 96.3 cm³/mol. The molecular weight excluding hydrogens is 272 g/mol. The predicted octanol–water partition coefficient (Wildman–Crippen LogP) is 4.31. The summed E-state index contributed by atoms with van der Waals surface area (Å²) in [6.07, 6.45) is 18.7. The van der Waals surface area contributed by atoms with E-state index in [1.165, 1.54) is 57.8 Å². The summed E-state index contributed by atoms with van der Waals surface area (Å²) in [6.45, 7) is 7.68. The van der Waals surface area contributed by atoms with Crippen LogP contribution in [0.5, 0.6) is 0 Å². The number of nitrogens with zero attached hydrogens (tertiary/aromatic N) is 2. The first-order chi connectivity index (χ1) is 10.8. The molecule has 0 spiro atoms. The standard InChI is InChI=1S/C19H37N2O/c1-3-5-6-7-8-9-10-11-12-13-14-19-20-15-16-21(19,4-2)17-18-22/h8-9,15,19,22H,3-7,10-14,16-18H2,1-2H3/q+1/b9-8+. The van der Waals surface area contributed by atoms with Gasteiger partial charge in [0, 0.05) is 6.42 Å². The topological polar surface area (TPSA) is 32.6 Å². The van der Waals surface area contributed by atoms with Gasteiger partial charge in [0.1, 0.15) is 13.1 Å². The van der Waals surface area contributed by atoms with Gasteiger partial charge in [0.25, 0.3) is 0 Å². The van der Waals surface area contributed by atoms with Crippen molar-refractivity contribution in [2.24, 2.45) is 4.99 Å². The lowest BCUT2D eigenvalue weighted by Gasteiger charge is -2.37. The summed E-state index contributed by atoms with van der Waals surface area (Å²) in [4.78, 5) is 4.68. The van der Waals surface area contributed by atoms with Gasteiger partial charge in [0.15, 0.2) is 6.17 Å². The highest BCUT2D eigenvalue weighted by Crippen LogP contribution is 2.23. The summed E-state index contributed by atoms with van der Waals surface area (Å²) in [5.74, 6) is 0. The van der Waals surface area contributed by atoms with Crippen LogP contribution in [0.15, 0.2) is 17.1 Å². The normalized spacial score (nSPS) is 24.6. The molecule has 1 rings (SSSR count). The molecule has 3 heteroatoms. The second kappa shape index (κ2) is 11.8. The molecule has 1 heterocycles. The SMILES string of the molecule is CCCCC/C=C/CCCCCC1N=CC[N+]1(CC)CCO. The number of allylic oxidation sites excluding steroid dienone is 2. The van der Waals surface area contributed by atoms with E-state index >= 15 is 0 Å². The molecule has 0 saturated carbocycles. The molecule has 2 unspecified atom stereocenters. The Balaban J connectivity index is 2.10. The molecule has 0 amide bonds. The van der Waals surface area contributed by atoms with E-state index in [1.54, 1.807) is 0 Å². The van der Waals surface area contributed by atoms with Crippen LogP contribution in [0.1, 0.15) is 71.6 Å². The maximum absolute atomic E-state index is 9.31. The van der Waals surface area contributed by atoms with Crippen molar-refractivity contribution in [2.75, 3.05) is 26.2 Å². The third-order valence-electron chi connectivity index (χ3n) is 5.00. The van der Waals surface area contributed by atoms with Gasteiger partial charge in [-0.3, -0.25) is 4.48 Å². The van der Waals surface area contributed by atoms with E-state index in [1.807, 2.05) is 0 Å². The molecule has 3 nitrogen and oxygen atoms in total.